The second-order valence-electron chi connectivity index (χ2n) is 3.95. The Morgan fingerprint density at radius 2 is 2.06 bits per heavy atom. The van der Waals surface area contributed by atoms with Crippen molar-refractivity contribution in [3.8, 4) is 0 Å². The summed E-state index contributed by atoms with van der Waals surface area (Å²) < 4.78 is 0. The van der Waals surface area contributed by atoms with Crippen LogP contribution in [0.15, 0.2) is 24.7 Å². The molecule has 6 heteroatoms. The van der Waals surface area contributed by atoms with Crippen LogP contribution in [-0.4, -0.2) is 20.7 Å². The van der Waals surface area contributed by atoms with Crippen LogP contribution in [0.25, 0.3) is 0 Å². The number of rotatable bonds is 3. The molecular weight excluding hydrogens is 228 g/mol. The Morgan fingerprint density at radius 3 is 2.67 bits per heavy atom. The van der Waals surface area contributed by atoms with Crippen molar-refractivity contribution in [2.24, 2.45) is 0 Å². The Bertz CT molecular complexity index is 576. The lowest BCUT2D eigenvalue weighted by Crippen LogP contribution is -2.09. The molecule has 18 heavy (non-hydrogen) atoms. The first-order valence-corrected chi connectivity index (χ1v) is 5.43. The number of hydrogen-bond donors (Lipinski definition) is 3. The number of aryl methyl sites for hydroxylation is 1. The van der Waals surface area contributed by atoms with E-state index in [2.05, 4.69) is 20.3 Å². The van der Waals surface area contributed by atoms with Crippen LogP contribution in [0, 0.1) is 12.3 Å². The monoisotopic (exact) mass is 242 g/mol. The predicted octanol–water partition coefficient (Wildman–Crippen LogP) is 1.89. The lowest BCUT2D eigenvalue weighted by molar-refractivity contribution is 1.15. The molecule has 2 rings (SSSR count). The summed E-state index contributed by atoms with van der Waals surface area (Å²) >= 11 is 0. The normalized spacial score (nSPS) is 10.1. The Hall–Kier alpha value is -2.50. The summed E-state index contributed by atoms with van der Waals surface area (Å²) in [6.07, 6.45) is 3.11. The number of pyridine rings is 1. The Labute approximate surface area is 105 Å². The highest BCUT2D eigenvalue weighted by Crippen LogP contribution is 2.20. The molecule has 0 aromatic carbocycles. The molecular formula is C12H14N6. The van der Waals surface area contributed by atoms with E-state index in [1.54, 1.807) is 13.1 Å². The van der Waals surface area contributed by atoms with Crippen molar-refractivity contribution in [2.75, 3.05) is 11.1 Å². The molecule has 92 valence electrons. The fourth-order valence-corrected chi connectivity index (χ4v) is 1.53. The minimum Gasteiger partial charge on any atom is -0.383 e. The molecule has 0 unspecified atom stereocenters. The number of hydrogen-bond acceptors (Lipinski definition) is 6. The molecule has 0 saturated heterocycles. The maximum atomic E-state index is 7.70. The zero-order valence-corrected chi connectivity index (χ0v) is 10.2. The highest BCUT2D eigenvalue weighted by atomic mass is 15.1. The SMILES string of the molecule is CC(=N)c1c(N)ncnc1Nc1ccc(C)cn1. The van der Waals surface area contributed by atoms with Crippen LogP contribution in [0.5, 0.6) is 0 Å². The highest BCUT2D eigenvalue weighted by Gasteiger charge is 2.11. The smallest absolute Gasteiger partial charge is 0.146 e. The van der Waals surface area contributed by atoms with Crippen molar-refractivity contribution >= 4 is 23.2 Å². The van der Waals surface area contributed by atoms with Gasteiger partial charge in [-0.05, 0) is 25.5 Å². The maximum absolute atomic E-state index is 7.70. The summed E-state index contributed by atoms with van der Waals surface area (Å²) in [7, 11) is 0. The minimum absolute atomic E-state index is 0.284. The van der Waals surface area contributed by atoms with Gasteiger partial charge in [-0.2, -0.15) is 0 Å². The lowest BCUT2D eigenvalue weighted by atomic mass is 10.2. The van der Waals surface area contributed by atoms with Crippen LogP contribution in [0.2, 0.25) is 0 Å². The molecule has 0 bridgehead atoms. The molecule has 0 spiro atoms. The van der Waals surface area contributed by atoms with E-state index in [1.165, 1.54) is 6.33 Å². The molecule has 0 amide bonds. The van der Waals surface area contributed by atoms with E-state index < -0.39 is 0 Å². The van der Waals surface area contributed by atoms with Crippen LogP contribution in [0.4, 0.5) is 17.5 Å². The van der Waals surface area contributed by atoms with Crippen LogP contribution in [0.1, 0.15) is 18.1 Å². The van der Waals surface area contributed by atoms with Gasteiger partial charge in [0.05, 0.1) is 5.56 Å². The second kappa shape index (κ2) is 4.79. The van der Waals surface area contributed by atoms with Crippen molar-refractivity contribution in [1.29, 1.82) is 5.41 Å². The van der Waals surface area contributed by atoms with E-state index in [1.807, 2.05) is 19.1 Å². The summed E-state index contributed by atoms with van der Waals surface area (Å²) in [6, 6.07) is 3.79. The fourth-order valence-electron chi connectivity index (χ4n) is 1.53. The van der Waals surface area contributed by atoms with Crippen molar-refractivity contribution in [2.45, 2.75) is 13.8 Å². The van der Waals surface area contributed by atoms with Gasteiger partial charge in [-0.3, -0.25) is 0 Å². The molecule has 0 atom stereocenters. The molecule has 0 aliphatic heterocycles. The third kappa shape index (κ3) is 2.42. The van der Waals surface area contributed by atoms with E-state index in [0.29, 0.717) is 22.9 Å². The molecule has 0 aliphatic rings. The number of nitrogens with two attached hydrogens (primary N) is 1. The predicted molar refractivity (Wildman–Crippen MR) is 71.2 cm³/mol. The van der Waals surface area contributed by atoms with Gasteiger partial charge in [0.15, 0.2) is 0 Å². The summed E-state index contributed by atoms with van der Waals surface area (Å²) in [4.78, 5) is 12.2. The van der Waals surface area contributed by atoms with E-state index >= 15 is 0 Å². The van der Waals surface area contributed by atoms with Gasteiger partial charge in [-0.1, -0.05) is 6.07 Å². The average Bonchev–Trinajstić information content (AvgIpc) is 2.32. The number of nitrogens with zero attached hydrogens (tertiary/aromatic N) is 3. The molecule has 2 heterocycles. The van der Waals surface area contributed by atoms with Crippen LogP contribution in [-0.2, 0) is 0 Å². The van der Waals surface area contributed by atoms with Crippen LogP contribution >= 0.6 is 0 Å². The van der Waals surface area contributed by atoms with Gasteiger partial charge in [-0.25, -0.2) is 15.0 Å². The molecule has 2 aromatic rings. The quantitative estimate of drug-likeness (QED) is 0.713. The van der Waals surface area contributed by atoms with Gasteiger partial charge in [0.1, 0.15) is 23.8 Å². The standard InChI is InChI=1S/C12H14N6/c1-7-3-4-9(15-5-7)18-12-10(8(2)13)11(14)16-6-17-12/h3-6,13H,1-2H3,(H3,14,15,16,17,18). The topological polar surface area (TPSA) is 101 Å². The molecule has 0 saturated carbocycles. The van der Waals surface area contributed by atoms with E-state index in [4.69, 9.17) is 11.1 Å². The summed E-state index contributed by atoms with van der Waals surface area (Å²) in [5.74, 6) is 1.43. The molecule has 4 N–H and O–H groups in total. The molecule has 6 nitrogen and oxygen atoms in total. The molecule has 0 fully saturated rings. The van der Waals surface area contributed by atoms with Crippen LogP contribution < -0.4 is 11.1 Å². The van der Waals surface area contributed by atoms with Gasteiger partial charge in [0.2, 0.25) is 0 Å². The summed E-state index contributed by atoms with van der Waals surface area (Å²) in [6.45, 7) is 3.61. The third-order valence-electron chi connectivity index (χ3n) is 2.41. The molecule has 0 radical (unpaired) electrons. The maximum Gasteiger partial charge on any atom is 0.146 e. The lowest BCUT2D eigenvalue weighted by Gasteiger charge is -2.10. The zero-order chi connectivity index (χ0) is 13.1. The van der Waals surface area contributed by atoms with E-state index in [0.717, 1.165) is 5.56 Å². The van der Waals surface area contributed by atoms with Crippen LogP contribution in [0.3, 0.4) is 0 Å². The van der Waals surface area contributed by atoms with Crippen molar-refractivity contribution in [3.63, 3.8) is 0 Å². The zero-order valence-electron chi connectivity index (χ0n) is 10.2. The van der Waals surface area contributed by atoms with E-state index in [-0.39, 0.29) is 5.82 Å². The summed E-state index contributed by atoms with van der Waals surface area (Å²) in [5, 5.41) is 10.7. The van der Waals surface area contributed by atoms with Crippen molar-refractivity contribution in [1.82, 2.24) is 15.0 Å². The number of nitrogens with one attached hydrogen (secondary N) is 2. The first-order chi connectivity index (χ1) is 8.58. The third-order valence-corrected chi connectivity index (χ3v) is 2.41. The van der Waals surface area contributed by atoms with Crippen molar-refractivity contribution < 1.29 is 0 Å². The number of nitrogen functional groups attached to an aromatic ring is 1. The fraction of sp³-hybridized carbons (Fsp3) is 0.167. The molecule has 2 aromatic heterocycles. The second-order valence-corrected chi connectivity index (χ2v) is 3.95. The van der Waals surface area contributed by atoms with Gasteiger partial charge in [0, 0.05) is 11.9 Å². The highest BCUT2D eigenvalue weighted by molar-refractivity contribution is 6.04. The first-order valence-electron chi connectivity index (χ1n) is 5.43. The molecule has 0 aliphatic carbocycles. The van der Waals surface area contributed by atoms with Gasteiger partial charge in [-0.15, -0.1) is 0 Å². The average molecular weight is 242 g/mol. The Morgan fingerprint density at radius 1 is 1.28 bits per heavy atom. The first kappa shape index (κ1) is 12.0. The largest absolute Gasteiger partial charge is 0.383 e. The van der Waals surface area contributed by atoms with Gasteiger partial charge >= 0.3 is 0 Å². The minimum atomic E-state index is 0.284. The Balaban J connectivity index is 2.37. The Kier molecular flexibility index (Phi) is 3.18. The number of aromatic nitrogens is 3. The van der Waals surface area contributed by atoms with E-state index in [9.17, 15) is 0 Å². The van der Waals surface area contributed by atoms with Gasteiger partial charge in [0.25, 0.3) is 0 Å². The number of anilines is 3. The van der Waals surface area contributed by atoms with Gasteiger partial charge < -0.3 is 16.5 Å². The summed E-state index contributed by atoms with van der Waals surface area (Å²) in [5.41, 5.74) is 7.63. The van der Waals surface area contributed by atoms with Crippen molar-refractivity contribution in [3.05, 3.63) is 35.8 Å².